The molecular weight excluding hydrogens is 182 g/mol. The summed E-state index contributed by atoms with van der Waals surface area (Å²) < 4.78 is 0. The van der Waals surface area contributed by atoms with E-state index in [0.717, 1.165) is 19.4 Å². The number of hydrogen-bond acceptors (Lipinski definition) is 1. The Kier molecular flexibility index (Phi) is 5.41. The maximum atomic E-state index is 3.51. The third kappa shape index (κ3) is 4.48. The van der Waals surface area contributed by atoms with Crippen LogP contribution < -0.4 is 5.32 Å². The number of nitrogens with one attached hydrogen (secondary N) is 1. The molecule has 0 aromatic heterocycles. The first-order chi connectivity index (χ1) is 7.26. The van der Waals surface area contributed by atoms with E-state index in [1.807, 2.05) is 0 Å². The molecule has 0 radical (unpaired) electrons. The minimum absolute atomic E-state index is 0.581. The largest absolute Gasteiger partial charge is 0.314 e. The quantitative estimate of drug-likeness (QED) is 0.752. The Morgan fingerprint density at radius 2 is 1.67 bits per heavy atom. The van der Waals surface area contributed by atoms with Gasteiger partial charge in [-0.1, -0.05) is 38.1 Å². The highest BCUT2D eigenvalue weighted by molar-refractivity contribution is 5.23. The first kappa shape index (κ1) is 12.3. The van der Waals surface area contributed by atoms with Gasteiger partial charge in [0, 0.05) is 6.04 Å². The lowest BCUT2D eigenvalue weighted by Gasteiger charge is -2.13. The van der Waals surface area contributed by atoms with Gasteiger partial charge < -0.3 is 5.32 Å². The van der Waals surface area contributed by atoms with Crippen LogP contribution in [-0.4, -0.2) is 12.6 Å². The number of aryl methyl sites for hydroxylation is 1. The van der Waals surface area contributed by atoms with Crippen molar-refractivity contribution in [3.8, 4) is 0 Å². The molecule has 1 aromatic rings. The molecule has 84 valence electrons. The summed E-state index contributed by atoms with van der Waals surface area (Å²) in [6.07, 6.45) is 3.47. The van der Waals surface area contributed by atoms with E-state index in [0.29, 0.717) is 6.04 Å². The molecule has 0 saturated carbocycles. The molecule has 1 N–H and O–H groups in total. The van der Waals surface area contributed by atoms with Gasteiger partial charge in [0.1, 0.15) is 0 Å². The summed E-state index contributed by atoms with van der Waals surface area (Å²) in [5.41, 5.74) is 2.86. The van der Waals surface area contributed by atoms with Gasteiger partial charge in [0.05, 0.1) is 0 Å². The van der Waals surface area contributed by atoms with Crippen molar-refractivity contribution in [1.29, 1.82) is 0 Å². The van der Waals surface area contributed by atoms with Gasteiger partial charge in [-0.3, -0.25) is 0 Å². The van der Waals surface area contributed by atoms with E-state index in [-0.39, 0.29) is 0 Å². The molecule has 1 aromatic carbocycles. The zero-order chi connectivity index (χ0) is 11.1. The molecule has 1 nitrogen and oxygen atoms in total. The normalized spacial score (nSPS) is 12.7. The third-order valence-electron chi connectivity index (χ3n) is 2.72. The Morgan fingerprint density at radius 1 is 1.07 bits per heavy atom. The van der Waals surface area contributed by atoms with Crippen molar-refractivity contribution in [2.24, 2.45) is 0 Å². The van der Waals surface area contributed by atoms with E-state index in [9.17, 15) is 0 Å². The van der Waals surface area contributed by atoms with Gasteiger partial charge >= 0.3 is 0 Å². The molecule has 0 aliphatic carbocycles. The maximum Gasteiger partial charge on any atom is 0.00791 e. The van der Waals surface area contributed by atoms with E-state index in [1.54, 1.807) is 0 Å². The van der Waals surface area contributed by atoms with E-state index in [1.165, 1.54) is 17.5 Å². The van der Waals surface area contributed by atoms with Crippen molar-refractivity contribution in [3.63, 3.8) is 0 Å². The van der Waals surface area contributed by atoms with Crippen LogP contribution in [0.1, 0.15) is 38.3 Å². The zero-order valence-corrected chi connectivity index (χ0v) is 10.2. The summed E-state index contributed by atoms with van der Waals surface area (Å²) in [4.78, 5) is 0. The van der Waals surface area contributed by atoms with Crippen molar-refractivity contribution in [3.05, 3.63) is 35.4 Å². The smallest absolute Gasteiger partial charge is 0.00791 e. The average Bonchev–Trinajstić information content (AvgIpc) is 2.27. The van der Waals surface area contributed by atoms with Crippen LogP contribution >= 0.6 is 0 Å². The van der Waals surface area contributed by atoms with Gasteiger partial charge in [0.15, 0.2) is 0 Å². The Morgan fingerprint density at radius 3 is 2.20 bits per heavy atom. The van der Waals surface area contributed by atoms with Gasteiger partial charge in [-0.25, -0.2) is 0 Å². The molecule has 1 heteroatoms. The Labute approximate surface area is 93.9 Å². The van der Waals surface area contributed by atoms with E-state index in [2.05, 4.69) is 50.4 Å². The first-order valence-corrected chi connectivity index (χ1v) is 6.07. The maximum absolute atomic E-state index is 3.51. The molecule has 15 heavy (non-hydrogen) atoms. The van der Waals surface area contributed by atoms with Crippen LogP contribution in [0.15, 0.2) is 24.3 Å². The standard InChI is InChI=1S/C14H23N/c1-4-10-15-12(3)11-14-8-6-13(5-2)7-9-14/h6-9,12,15H,4-5,10-11H2,1-3H3. The molecular formula is C14H23N. The summed E-state index contributed by atoms with van der Waals surface area (Å²) in [7, 11) is 0. The summed E-state index contributed by atoms with van der Waals surface area (Å²) >= 11 is 0. The second-order valence-corrected chi connectivity index (χ2v) is 4.23. The molecule has 0 aliphatic rings. The highest BCUT2D eigenvalue weighted by Gasteiger charge is 2.01. The van der Waals surface area contributed by atoms with Gasteiger partial charge in [0.25, 0.3) is 0 Å². The Bertz CT molecular complexity index is 263. The fourth-order valence-electron chi connectivity index (χ4n) is 1.73. The van der Waals surface area contributed by atoms with Crippen molar-refractivity contribution in [2.45, 2.75) is 46.1 Å². The molecule has 1 atom stereocenters. The predicted octanol–water partition coefficient (Wildman–Crippen LogP) is 3.18. The summed E-state index contributed by atoms with van der Waals surface area (Å²) in [5, 5.41) is 3.51. The van der Waals surface area contributed by atoms with Crippen molar-refractivity contribution < 1.29 is 0 Å². The molecule has 0 amide bonds. The molecule has 0 saturated heterocycles. The SMILES string of the molecule is CCCNC(C)Cc1ccc(CC)cc1. The van der Waals surface area contributed by atoms with Gasteiger partial charge in [-0.05, 0) is 43.9 Å². The fourth-order valence-corrected chi connectivity index (χ4v) is 1.73. The molecule has 0 heterocycles. The molecule has 0 bridgehead atoms. The molecule has 0 fully saturated rings. The van der Waals surface area contributed by atoms with Crippen LogP contribution in [0.3, 0.4) is 0 Å². The van der Waals surface area contributed by atoms with E-state index < -0.39 is 0 Å². The Hall–Kier alpha value is -0.820. The van der Waals surface area contributed by atoms with Crippen LogP contribution in [0.5, 0.6) is 0 Å². The summed E-state index contributed by atoms with van der Waals surface area (Å²) in [6, 6.07) is 9.56. The number of benzene rings is 1. The van der Waals surface area contributed by atoms with Crippen LogP contribution in [0.25, 0.3) is 0 Å². The lowest BCUT2D eigenvalue weighted by molar-refractivity contribution is 0.543. The summed E-state index contributed by atoms with van der Waals surface area (Å²) in [5.74, 6) is 0. The van der Waals surface area contributed by atoms with E-state index in [4.69, 9.17) is 0 Å². The molecule has 1 unspecified atom stereocenters. The molecule has 1 rings (SSSR count). The highest BCUT2D eigenvalue weighted by atomic mass is 14.9. The van der Waals surface area contributed by atoms with E-state index >= 15 is 0 Å². The monoisotopic (exact) mass is 205 g/mol. The zero-order valence-electron chi connectivity index (χ0n) is 10.2. The third-order valence-corrected chi connectivity index (χ3v) is 2.72. The van der Waals surface area contributed by atoms with Crippen molar-refractivity contribution in [1.82, 2.24) is 5.32 Å². The topological polar surface area (TPSA) is 12.0 Å². The fraction of sp³-hybridized carbons (Fsp3) is 0.571. The van der Waals surface area contributed by atoms with Gasteiger partial charge in [0.2, 0.25) is 0 Å². The minimum Gasteiger partial charge on any atom is -0.314 e. The predicted molar refractivity (Wildman–Crippen MR) is 67.3 cm³/mol. The molecule has 0 spiro atoms. The van der Waals surface area contributed by atoms with Crippen LogP contribution in [0.4, 0.5) is 0 Å². The number of rotatable bonds is 6. The number of hydrogen-bond donors (Lipinski definition) is 1. The second-order valence-electron chi connectivity index (χ2n) is 4.23. The highest BCUT2D eigenvalue weighted by Crippen LogP contribution is 2.07. The van der Waals surface area contributed by atoms with Gasteiger partial charge in [-0.15, -0.1) is 0 Å². The molecule has 0 aliphatic heterocycles. The lowest BCUT2D eigenvalue weighted by atomic mass is 10.0. The van der Waals surface area contributed by atoms with Crippen LogP contribution in [0.2, 0.25) is 0 Å². The lowest BCUT2D eigenvalue weighted by Crippen LogP contribution is -2.28. The van der Waals surface area contributed by atoms with Crippen molar-refractivity contribution in [2.75, 3.05) is 6.54 Å². The minimum atomic E-state index is 0.581. The summed E-state index contributed by atoms with van der Waals surface area (Å²) in [6.45, 7) is 7.77. The van der Waals surface area contributed by atoms with Crippen LogP contribution in [0, 0.1) is 0 Å². The second kappa shape index (κ2) is 6.62. The van der Waals surface area contributed by atoms with Gasteiger partial charge in [-0.2, -0.15) is 0 Å². The Balaban J connectivity index is 2.42. The average molecular weight is 205 g/mol. The van der Waals surface area contributed by atoms with Crippen LogP contribution in [-0.2, 0) is 12.8 Å². The van der Waals surface area contributed by atoms with Crippen molar-refractivity contribution >= 4 is 0 Å². The first-order valence-electron chi connectivity index (χ1n) is 6.07.